The average molecular weight is 258 g/mol. The van der Waals surface area contributed by atoms with Crippen molar-refractivity contribution in [2.24, 2.45) is 5.73 Å². The van der Waals surface area contributed by atoms with Gasteiger partial charge in [0.15, 0.2) is 11.5 Å². The van der Waals surface area contributed by atoms with Gasteiger partial charge >= 0.3 is 0 Å². The van der Waals surface area contributed by atoms with Crippen LogP contribution >= 0.6 is 0 Å². The summed E-state index contributed by atoms with van der Waals surface area (Å²) in [5, 5.41) is 0. The Bertz CT molecular complexity index is 582. The highest BCUT2D eigenvalue weighted by Gasteiger charge is 2.12. The van der Waals surface area contributed by atoms with Gasteiger partial charge in [0.2, 0.25) is 0 Å². The molecule has 0 aliphatic rings. The summed E-state index contributed by atoms with van der Waals surface area (Å²) >= 11 is 0. The van der Waals surface area contributed by atoms with Crippen molar-refractivity contribution in [2.75, 3.05) is 14.2 Å². The Kier molecular flexibility index (Phi) is 4.02. The van der Waals surface area contributed by atoms with Crippen LogP contribution in [-0.4, -0.2) is 19.2 Å². The van der Waals surface area contributed by atoms with Gasteiger partial charge in [-0.25, -0.2) is 0 Å². The van der Waals surface area contributed by atoms with Gasteiger partial charge in [-0.2, -0.15) is 0 Å². The Morgan fingerprint density at radius 1 is 1.05 bits per heavy atom. The number of pyridine rings is 1. The maximum absolute atomic E-state index is 5.82. The Labute approximate surface area is 113 Å². The van der Waals surface area contributed by atoms with Crippen molar-refractivity contribution in [1.29, 1.82) is 0 Å². The van der Waals surface area contributed by atoms with E-state index < -0.39 is 0 Å². The summed E-state index contributed by atoms with van der Waals surface area (Å²) in [6.45, 7) is 2.45. The quantitative estimate of drug-likeness (QED) is 0.915. The summed E-state index contributed by atoms with van der Waals surface area (Å²) in [5.74, 6) is 1.38. The molecule has 0 unspecified atom stereocenters. The topological polar surface area (TPSA) is 57.4 Å². The van der Waals surface area contributed by atoms with Crippen LogP contribution in [0.1, 0.15) is 11.1 Å². The van der Waals surface area contributed by atoms with E-state index in [1.165, 1.54) is 0 Å². The second kappa shape index (κ2) is 5.71. The molecule has 1 heterocycles. The van der Waals surface area contributed by atoms with Gasteiger partial charge in [0.05, 0.1) is 14.2 Å². The van der Waals surface area contributed by atoms with Gasteiger partial charge in [-0.05, 0) is 41.8 Å². The SMILES string of the molecule is COc1cc(CN)c(-c2cncc(C)c2)cc1OC. The van der Waals surface area contributed by atoms with Gasteiger partial charge in [0, 0.05) is 24.5 Å². The van der Waals surface area contributed by atoms with E-state index >= 15 is 0 Å². The highest BCUT2D eigenvalue weighted by Crippen LogP contribution is 2.35. The molecule has 0 radical (unpaired) electrons. The number of ether oxygens (including phenoxy) is 2. The molecule has 0 spiro atoms. The van der Waals surface area contributed by atoms with E-state index in [0.29, 0.717) is 18.0 Å². The zero-order valence-corrected chi connectivity index (χ0v) is 11.4. The van der Waals surface area contributed by atoms with Gasteiger partial charge in [0.25, 0.3) is 0 Å². The van der Waals surface area contributed by atoms with Crippen molar-refractivity contribution >= 4 is 0 Å². The molecule has 0 atom stereocenters. The second-order valence-electron chi connectivity index (χ2n) is 4.32. The molecule has 0 amide bonds. The van der Waals surface area contributed by atoms with Gasteiger partial charge in [-0.3, -0.25) is 4.98 Å². The van der Waals surface area contributed by atoms with Crippen LogP contribution in [0.5, 0.6) is 11.5 Å². The van der Waals surface area contributed by atoms with E-state index in [4.69, 9.17) is 15.2 Å². The van der Waals surface area contributed by atoms with Crippen molar-refractivity contribution in [3.8, 4) is 22.6 Å². The predicted molar refractivity (Wildman–Crippen MR) is 75.4 cm³/mol. The predicted octanol–water partition coefficient (Wildman–Crippen LogP) is 2.53. The molecule has 0 saturated carbocycles. The van der Waals surface area contributed by atoms with Crippen LogP contribution in [0.2, 0.25) is 0 Å². The average Bonchev–Trinajstić information content (AvgIpc) is 2.45. The van der Waals surface area contributed by atoms with Crippen LogP contribution in [-0.2, 0) is 6.54 Å². The molecule has 0 bridgehead atoms. The number of aryl methyl sites for hydroxylation is 1. The number of nitrogens with two attached hydrogens (primary N) is 1. The van der Waals surface area contributed by atoms with Crippen molar-refractivity contribution in [2.45, 2.75) is 13.5 Å². The van der Waals surface area contributed by atoms with Crippen molar-refractivity contribution in [1.82, 2.24) is 4.98 Å². The van der Waals surface area contributed by atoms with E-state index in [-0.39, 0.29) is 0 Å². The smallest absolute Gasteiger partial charge is 0.161 e. The monoisotopic (exact) mass is 258 g/mol. The minimum absolute atomic E-state index is 0.434. The number of nitrogens with zero attached hydrogens (tertiary/aromatic N) is 1. The number of hydrogen-bond donors (Lipinski definition) is 1. The highest BCUT2D eigenvalue weighted by atomic mass is 16.5. The third-order valence-electron chi connectivity index (χ3n) is 3.02. The molecular weight excluding hydrogens is 240 g/mol. The number of hydrogen-bond acceptors (Lipinski definition) is 4. The zero-order chi connectivity index (χ0) is 13.8. The summed E-state index contributed by atoms with van der Waals surface area (Å²) in [5.41, 5.74) is 9.99. The molecule has 0 aliphatic heterocycles. The van der Waals surface area contributed by atoms with E-state index in [9.17, 15) is 0 Å². The van der Waals surface area contributed by atoms with Crippen molar-refractivity contribution in [3.63, 3.8) is 0 Å². The molecular formula is C15H18N2O2. The molecule has 1 aromatic carbocycles. The number of aromatic nitrogens is 1. The summed E-state index contributed by atoms with van der Waals surface area (Å²) in [7, 11) is 3.24. The molecule has 4 heteroatoms. The fourth-order valence-electron chi connectivity index (χ4n) is 2.06. The summed E-state index contributed by atoms with van der Waals surface area (Å²) in [6.07, 6.45) is 3.65. The van der Waals surface area contributed by atoms with Gasteiger partial charge in [-0.1, -0.05) is 0 Å². The summed E-state index contributed by atoms with van der Waals surface area (Å²) in [4.78, 5) is 4.22. The van der Waals surface area contributed by atoms with Crippen LogP contribution < -0.4 is 15.2 Å². The Morgan fingerprint density at radius 3 is 2.32 bits per heavy atom. The Hall–Kier alpha value is -2.07. The van der Waals surface area contributed by atoms with Crippen LogP contribution in [0.3, 0.4) is 0 Å². The fraction of sp³-hybridized carbons (Fsp3) is 0.267. The van der Waals surface area contributed by atoms with E-state index in [1.54, 1.807) is 14.2 Å². The zero-order valence-electron chi connectivity index (χ0n) is 11.4. The van der Waals surface area contributed by atoms with Crippen molar-refractivity contribution < 1.29 is 9.47 Å². The lowest BCUT2D eigenvalue weighted by molar-refractivity contribution is 0.354. The van der Waals surface area contributed by atoms with Crippen LogP contribution in [0, 0.1) is 6.92 Å². The molecule has 0 aliphatic carbocycles. The number of methoxy groups -OCH3 is 2. The Morgan fingerprint density at radius 2 is 1.74 bits per heavy atom. The van der Waals surface area contributed by atoms with Crippen molar-refractivity contribution in [3.05, 3.63) is 41.7 Å². The molecule has 2 N–H and O–H groups in total. The summed E-state index contributed by atoms with van der Waals surface area (Å²) < 4.78 is 10.6. The maximum atomic E-state index is 5.82. The third kappa shape index (κ3) is 2.69. The number of benzene rings is 1. The molecule has 2 rings (SSSR count). The summed E-state index contributed by atoms with van der Waals surface area (Å²) in [6, 6.07) is 5.93. The van der Waals surface area contributed by atoms with Crippen LogP contribution in [0.25, 0.3) is 11.1 Å². The minimum atomic E-state index is 0.434. The van der Waals surface area contributed by atoms with E-state index in [0.717, 1.165) is 22.3 Å². The highest BCUT2D eigenvalue weighted by molar-refractivity contribution is 5.71. The van der Waals surface area contributed by atoms with E-state index in [1.807, 2.05) is 31.5 Å². The minimum Gasteiger partial charge on any atom is -0.493 e. The molecule has 0 fully saturated rings. The van der Waals surface area contributed by atoms with Gasteiger partial charge in [-0.15, -0.1) is 0 Å². The number of rotatable bonds is 4. The molecule has 0 saturated heterocycles. The first-order valence-corrected chi connectivity index (χ1v) is 6.06. The first-order valence-electron chi connectivity index (χ1n) is 6.06. The van der Waals surface area contributed by atoms with Gasteiger partial charge < -0.3 is 15.2 Å². The molecule has 2 aromatic rings. The lowest BCUT2D eigenvalue weighted by Crippen LogP contribution is -2.02. The van der Waals surface area contributed by atoms with Crippen LogP contribution in [0.15, 0.2) is 30.6 Å². The van der Waals surface area contributed by atoms with Gasteiger partial charge in [0.1, 0.15) is 0 Å². The third-order valence-corrected chi connectivity index (χ3v) is 3.02. The van der Waals surface area contributed by atoms with Crippen LogP contribution in [0.4, 0.5) is 0 Å². The van der Waals surface area contributed by atoms with E-state index in [2.05, 4.69) is 11.1 Å². The second-order valence-corrected chi connectivity index (χ2v) is 4.32. The molecule has 100 valence electrons. The lowest BCUT2D eigenvalue weighted by Gasteiger charge is -2.14. The first kappa shape index (κ1) is 13.4. The first-order chi connectivity index (χ1) is 9.19. The molecule has 1 aromatic heterocycles. The fourth-order valence-corrected chi connectivity index (χ4v) is 2.06. The molecule has 19 heavy (non-hydrogen) atoms. The maximum Gasteiger partial charge on any atom is 0.161 e. The largest absolute Gasteiger partial charge is 0.493 e. The standard InChI is InChI=1S/C15H18N2O2/c1-10-4-12(9-17-8-10)13-6-15(19-3)14(18-2)5-11(13)7-16/h4-6,8-9H,7,16H2,1-3H3. The normalized spacial score (nSPS) is 10.3. The lowest BCUT2D eigenvalue weighted by atomic mass is 9.99. The Balaban J connectivity index is 2.61. The molecule has 4 nitrogen and oxygen atoms in total.